The van der Waals surface area contributed by atoms with E-state index in [9.17, 15) is 17.8 Å². The Kier molecular flexibility index (Phi) is 7.61. The van der Waals surface area contributed by atoms with Crippen molar-refractivity contribution in [1.82, 2.24) is 0 Å². The average molecular weight is 463 g/mol. The molecule has 0 aromatic heterocycles. The highest BCUT2D eigenvalue weighted by Crippen LogP contribution is 2.52. The van der Waals surface area contributed by atoms with Crippen LogP contribution >= 0.6 is 0 Å². The summed E-state index contributed by atoms with van der Waals surface area (Å²) >= 11 is 0. The molecule has 4 rings (SSSR count). The van der Waals surface area contributed by atoms with Crippen molar-refractivity contribution in [3.05, 3.63) is 22.3 Å². The second-order valence-electron chi connectivity index (χ2n) is 10.2. The van der Waals surface area contributed by atoms with Gasteiger partial charge in [0.1, 0.15) is 10.6 Å². The number of rotatable bonds is 6. The fourth-order valence-corrected chi connectivity index (χ4v) is 7.99. The number of carbonyl (C=O) groups is 1. The van der Waals surface area contributed by atoms with Gasteiger partial charge in [0.05, 0.1) is 0 Å². The third-order valence-electron chi connectivity index (χ3n) is 8.25. The first-order valence-electron chi connectivity index (χ1n) is 12.7. The monoisotopic (exact) mass is 462 g/mol. The third-order valence-corrected chi connectivity index (χ3v) is 9.21. The van der Waals surface area contributed by atoms with Gasteiger partial charge in [-0.25, -0.2) is 0 Å². The van der Waals surface area contributed by atoms with Gasteiger partial charge in [0.15, 0.2) is 0 Å². The lowest BCUT2D eigenvalue weighted by molar-refractivity contribution is -0.120. The summed E-state index contributed by atoms with van der Waals surface area (Å²) in [6.07, 6.45) is 15.7. The van der Waals surface area contributed by atoms with Crippen molar-refractivity contribution in [2.24, 2.45) is 0 Å². The first-order valence-corrected chi connectivity index (χ1v) is 14.2. The maximum Gasteiger partial charge on any atom is 0.298 e. The van der Waals surface area contributed by atoms with E-state index in [0.717, 1.165) is 100 Å². The summed E-state index contributed by atoms with van der Waals surface area (Å²) < 4.78 is 42.2. The van der Waals surface area contributed by atoms with Crippen LogP contribution in [-0.2, 0) is 14.9 Å². The van der Waals surface area contributed by atoms with Gasteiger partial charge in [0, 0.05) is 11.1 Å². The van der Waals surface area contributed by atoms with Crippen molar-refractivity contribution in [2.75, 3.05) is 0 Å². The molecule has 32 heavy (non-hydrogen) atoms. The maximum absolute atomic E-state index is 13.0. The van der Waals surface area contributed by atoms with E-state index in [1.165, 1.54) is 12.8 Å². The molecule has 3 fully saturated rings. The molecule has 178 valence electrons. The molecule has 0 atom stereocenters. The zero-order valence-corrected chi connectivity index (χ0v) is 20.2. The van der Waals surface area contributed by atoms with E-state index in [2.05, 4.69) is 0 Å². The normalized spacial score (nSPS) is 22.1. The molecule has 0 bridgehead atoms. The SMILES string of the molecule is Cc1c(C2CCCCC2)c(OC=O)c(C2CCCCC2)c(S(=O)(=O)O)c1C1CCCCC1. The molecule has 0 heterocycles. The van der Waals surface area contributed by atoms with E-state index in [-0.39, 0.29) is 22.6 Å². The van der Waals surface area contributed by atoms with Gasteiger partial charge in [0.25, 0.3) is 16.6 Å². The van der Waals surface area contributed by atoms with Gasteiger partial charge < -0.3 is 4.74 Å². The molecule has 0 radical (unpaired) electrons. The Morgan fingerprint density at radius 2 is 1.12 bits per heavy atom. The van der Waals surface area contributed by atoms with E-state index in [0.29, 0.717) is 17.8 Å². The molecule has 0 spiro atoms. The summed E-state index contributed by atoms with van der Waals surface area (Å²) in [6.45, 7) is 2.45. The van der Waals surface area contributed by atoms with Gasteiger partial charge in [-0.2, -0.15) is 8.42 Å². The van der Waals surface area contributed by atoms with E-state index in [1.54, 1.807) is 0 Å². The van der Waals surface area contributed by atoms with Crippen LogP contribution < -0.4 is 4.74 Å². The summed E-state index contributed by atoms with van der Waals surface area (Å²) in [4.78, 5) is 11.7. The molecule has 0 aliphatic heterocycles. The van der Waals surface area contributed by atoms with Crippen LogP contribution in [0, 0.1) is 6.92 Å². The Bertz CT molecular complexity index is 918. The number of hydrogen-bond acceptors (Lipinski definition) is 4. The van der Waals surface area contributed by atoms with E-state index < -0.39 is 10.1 Å². The standard InChI is InChI=1S/C26H38O5S/c1-18-22(19-11-5-2-6-12-19)25(31-17-27)24(21-15-9-4-10-16-21)26(32(28,29)30)23(18)20-13-7-3-8-14-20/h17,19-21H,2-16H2,1H3,(H,28,29,30). The number of hydrogen-bond donors (Lipinski definition) is 1. The second-order valence-corrected chi connectivity index (χ2v) is 11.6. The number of benzene rings is 1. The minimum Gasteiger partial charge on any atom is -0.428 e. The first kappa shape index (κ1) is 23.7. The highest BCUT2D eigenvalue weighted by atomic mass is 32.2. The van der Waals surface area contributed by atoms with E-state index in [1.807, 2.05) is 6.92 Å². The van der Waals surface area contributed by atoms with Crippen LogP contribution in [0.15, 0.2) is 4.90 Å². The summed E-state index contributed by atoms with van der Waals surface area (Å²) in [6, 6.07) is 0. The van der Waals surface area contributed by atoms with Crippen LogP contribution in [0.4, 0.5) is 0 Å². The molecule has 3 aliphatic rings. The maximum atomic E-state index is 13.0. The molecule has 0 saturated heterocycles. The van der Waals surface area contributed by atoms with Gasteiger partial charge in [-0.05, 0) is 74.3 Å². The van der Waals surface area contributed by atoms with Gasteiger partial charge in [-0.15, -0.1) is 0 Å². The lowest BCUT2D eigenvalue weighted by atomic mass is 9.73. The Morgan fingerprint density at radius 1 is 0.719 bits per heavy atom. The van der Waals surface area contributed by atoms with Gasteiger partial charge in [-0.1, -0.05) is 57.8 Å². The Hall–Kier alpha value is -1.40. The lowest BCUT2D eigenvalue weighted by Gasteiger charge is -2.35. The topological polar surface area (TPSA) is 80.7 Å². The number of carbonyl (C=O) groups excluding carboxylic acids is 1. The lowest BCUT2D eigenvalue weighted by Crippen LogP contribution is -2.22. The molecule has 1 N–H and O–H groups in total. The molecule has 1 aromatic rings. The zero-order valence-electron chi connectivity index (χ0n) is 19.4. The Labute approximate surface area is 193 Å². The zero-order chi connectivity index (χ0) is 22.7. The Balaban J connectivity index is 2.04. The average Bonchev–Trinajstić information content (AvgIpc) is 2.80. The minimum atomic E-state index is -4.47. The predicted octanol–water partition coefficient (Wildman–Crippen LogP) is 6.92. The first-order chi connectivity index (χ1) is 15.4. The summed E-state index contributed by atoms with van der Waals surface area (Å²) in [5, 5.41) is 0. The summed E-state index contributed by atoms with van der Waals surface area (Å²) in [5.41, 5.74) is 3.41. The van der Waals surface area contributed by atoms with Crippen LogP contribution in [-0.4, -0.2) is 19.4 Å². The van der Waals surface area contributed by atoms with Crippen molar-refractivity contribution in [2.45, 2.75) is 126 Å². The molecule has 3 saturated carbocycles. The third kappa shape index (κ3) is 4.77. The fraction of sp³-hybridized carbons (Fsp3) is 0.731. The molecule has 6 heteroatoms. The summed E-state index contributed by atoms with van der Waals surface area (Å²) in [7, 11) is -4.47. The van der Waals surface area contributed by atoms with E-state index >= 15 is 0 Å². The second kappa shape index (κ2) is 10.3. The molecule has 0 unspecified atom stereocenters. The van der Waals surface area contributed by atoms with Gasteiger partial charge >= 0.3 is 0 Å². The highest BCUT2D eigenvalue weighted by molar-refractivity contribution is 7.86. The van der Waals surface area contributed by atoms with Crippen molar-refractivity contribution in [3.63, 3.8) is 0 Å². The summed E-state index contributed by atoms with van der Waals surface area (Å²) in [5.74, 6) is 0.860. The van der Waals surface area contributed by atoms with Crippen molar-refractivity contribution in [3.8, 4) is 5.75 Å². The minimum absolute atomic E-state index is 0.000839. The van der Waals surface area contributed by atoms with Crippen molar-refractivity contribution < 1.29 is 22.5 Å². The predicted molar refractivity (Wildman–Crippen MR) is 125 cm³/mol. The fourth-order valence-electron chi connectivity index (χ4n) is 6.86. The highest BCUT2D eigenvalue weighted by Gasteiger charge is 2.38. The van der Waals surface area contributed by atoms with Crippen LogP contribution in [0.2, 0.25) is 0 Å². The molecule has 5 nitrogen and oxygen atoms in total. The molecule has 0 amide bonds. The van der Waals surface area contributed by atoms with Gasteiger partial charge in [0.2, 0.25) is 0 Å². The molecule has 3 aliphatic carbocycles. The Morgan fingerprint density at radius 3 is 1.53 bits per heavy atom. The van der Waals surface area contributed by atoms with Crippen LogP contribution in [0.25, 0.3) is 0 Å². The van der Waals surface area contributed by atoms with Gasteiger partial charge in [-0.3, -0.25) is 9.35 Å². The van der Waals surface area contributed by atoms with Crippen molar-refractivity contribution in [1.29, 1.82) is 0 Å². The smallest absolute Gasteiger partial charge is 0.298 e. The van der Waals surface area contributed by atoms with E-state index in [4.69, 9.17) is 4.74 Å². The molecule has 1 aromatic carbocycles. The van der Waals surface area contributed by atoms with Crippen molar-refractivity contribution >= 4 is 16.6 Å². The molecular weight excluding hydrogens is 424 g/mol. The number of ether oxygens (including phenoxy) is 1. The van der Waals surface area contributed by atoms with Crippen LogP contribution in [0.3, 0.4) is 0 Å². The van der Waals surface area contributed by atoms with Crippen LogP contribution in [0.1, 0.15) is 136 Å². The largest absolute Gasteiger partial charge is 0.428 e. The molecular formula is C26H38O5S. The quantitative estimate of drug-likeness (QED) is 0.366. The van der Waals surface area contributed by atoms with Crippen LogP contribution in [0.5, 0.6) is 5.75 Å².